The van der Waals surface area contributed by atoms with Crippen LogP contribution < -0.4 is 5.32 Å². The van der Waals surface area contributed by atoms with E-state index >= 15 is 0 Å². The molecule has 2 N–H and O–H groups in total. The van der Waals surface area contributed by atoms with Gasteiger partial charge in [-0.25, -0.2) is 9.78 Å². The summed E-state index contributed by atoms with van der Waals surface area (Å²) in [5.41, 5.74) is 2.33. The normalized spacial score (nSPS) is 11.2. The molecule has 4 aromatic rings. The highest BCUT2D eigenvalue weighted by atomic mass is 35.5. The van der Waals surface area contributed by atoms with Gasteiger partial charge in [-0.3, -0.25) is 9.59 Å². The Labute approximate surface area is 211 Å². The number of carbonyl (C=O) groups is 3. The van der Waals surface area contributed by atoms with Crippen molar-refractivity contribution in [2.45, 2.75) is 25.6 Å². The number of hydrogen-bond acceptors (Lipinski definition) is 8. The molecule has 0 radical (unpaired) electrons. The monoisotopic (exact) mass is 511 g/mol. The Kier molecular flexibility index (Phi) is 8.84. The fourth-order valence-electron chi connectivity index (χ4n) is 3.20. The van der Waals surface area contributed by atoms with Crippen LogP contribution in [0, 0.1) is 0 Å². The minimum Gasteiger partial charge on any atom is -0.481 e. The molecule has 186 valence electrons. The average Bonchev–Trinajstić information content (AvgIpc) is 3.56. The molecule has 2 aromatic carbocycles. The predicted octanol–water partition coefficient (Wildman–Crippen LogP) is 2.29. The molecule has 2 heterocycles. The first kappa shape index (κ1) is 26.0. The van der Waals surface area contributed by atoms with Crippen LogP contribution in [0.5, 0.6) is 0 Å². The number of carbonyl (C=O) groups excluding carboxylic acids is 2. The molecule has 0 aliphatic heterocycles. The number of amides is 1. The quantitative estimate of drug-likeness (QED) is 0.326. The van der Waals surface area contributed by atoms with E-state index in [1.165, 1.54) is 0 Å². The lowest BCUT2D eigenvalue weighted by Gasteiger charge is -2.15. The third-order valence-electron chi connectivity index (χ3n) is 4.95. The lowest BCUT2D eigenvalue weighted by atomic mass is 10.1. The lowest BCUT2D eigenvalue weighted by molar-refractivity contribution is -0.139. The van der Waals surface area contributed by atoms with E-state index in [0.29, 0.717) is 11.4 Å². The maximum Gasteiger partial charge on any atom is 0.408 e. The zero-order chi connectivity index (χ0) is 24.6. The van der Waals surface area contributed by atoms with Crippen LogP contribution in [0.1, 0.15) is 12.0 Å². The molecule has 1 amide bonds. The Morgan fingerprint density at radius 1 is 1.06 bits per heavy atom. The molecule has 0 saturated heterocycles. The molecule has 0 fully saturated rings. The Hall–Kier alpha value is -4.58. The summed E-state index contributed by atoms with van der Waals surface area (Å²) in [5.74, 6) is -1.57. The number of nitrogens with one attached hydrogen (secondary N) is 1. The lowest BCUT2D eigenvalue weighted by Crippen LogP contribution is -2.44. The third-order valence-corrected chi connectivity index (χ3v) is 4.95. The second-order valence-electron chi connectivity index (χ2n) is 7.48. The molecule has 0 aliphatic carbocycles. The number of aliphatic carboxylic acids is 1. The number of ether oxygens (including phenoxy) is 1. The number of benzene rings is 2. The van der Waals surface area contributed by atoms with Crippen LogP contribution in [0.4, 0.5) is 4.79 Å². The summed E-state index contributed by atoms with van der Waals surface area (Å²) in [4.78, 5) is 41.1. The molecule has 0 saturated carbocycles. The van der Waals surface area contributed by atoms with Gasteiger partial charge in [0.05, 0.1) is 12.7 Å². The average molecular weight is 512 g/mol. The van der Waals surface area contributed by atoms with Gasteiger partial charge in [0.1, 0.15) is 19.2 Å². The summed E-state index contributed by atoms with van der Waals surface area (Å²) in [6.45, 7) is -0.398. The molecule has 13 heteroatoms. The third kappa shape index (κ3) is 6.96. The van der Waals surface area contributed by atoms with Crippen molar-refractivity contribution in [3.8, 4) is 17.1 Å². The van der Waals surface area contributed by atoms with Crippen molar-refractivity contribution in [2.75, 3.05) is 0 Å². The van der Waals surface area contributed by atoms with Gasteiger partial charge in [0, 0.05) is 23.6 Å². The molecule has 1 unspecified atom stereocenters. The van der Waals surface area contributed by atoms with E-state index in [1.807, 2.05) is 29.0 Å². The molecule has 0 bridgehead atoms. The predicted molar refractivity (Wildman–Crippen MR) is 128 cm³/mol. The molecule has 1 atom stereocenters. The van der Waals surface area contributed by atoms with Gasteiger partial charge in [-0.1, -0.05) is 30.3 Å². The fourth-order valence-corrected chi connectivity index (χ4v) is 3.20. The largest absolute Gasteiger partial charge is 0.481 e. The highest BCUT2D eigenvalue weighted by Gasteiger charge is 2.25. The van der Waals surface area contributed by atoms with Gasteiger partial charge in [0.25, 0.3) is 0 Å². The van der Waals surface area contributed by atoms with Crippen LogP contribution in [0.15, 0.2) is 73.3 Å². The number of Topliss-reactive ketones (excluding diaryl/α,β-unsaturated/α-hetero) is 1. The number of hydrogen-bond donors (Lipinski definition) is 2. The number of imidazole rings is 1. The van der Waals surface area contributed by atoms with Crippen LogP contribution in [0.2, 0.25) is 0 Å². The van der Waals surface area contributed by atoms with Crippen molar-refractivity contribution in [3.05, 3.63) is 78.9 Å². The van der Waals surface area contributed by atoms with Crippen molar-refractivity contribution in [2.24, 2.45) is 0 Å². The topological polar surface area (TPSA) is 154 Å². The van der Waals surface area contributed by atoms with Crippen molar-refractivity contribution >= 4 is 30.3 Å². The summed E-state index contributed by atoms with van der Waals surface area (Å²) in [5, 5.41) is 23.5. The molecule has 0 spiro atoms. The Balaban J connectivity index is 0.00000361. The van der Waals surface area contributed by atoms with Crippen molar-refractivity contribution in [1.29, 1.82) is 0 Å². The highest BCUT2D eigenvalue weighted by molar-refractivity contribution is 5.90. The number of halogens is 1. The fraction of sp³-hybridized carbons (Fsp3) is 0.174. The minimum absolute atomic E-state index is 0. The van der Waals surface area contributed by atoms with Gasteiger partial charge in [0.15, 0.2) is 5.78 Å². The van der Waals surface area contributed by atoms with E-state index in [0.717, 1.165) is 16.0 Å². The second-order valence-corrected chi connectivity index (χ2v) is 7.48. The zero-order valence-electron chi connectivity index (χ0n) is 18.8. The molecule has 4 rings (SSSR count). The molecule has 36 heavy (non-hydrogen) atoms. The van der Waals surface area contributed by atoms with E-state index in [-0.39, 0.29) is 25.6 Å². The number of tetrazole rings is 1. The van der Waals surface area contributed by atoms with Crippen LogP contribution in [-0.2, 0) is 27.5 Å². The number of carboxylic acids is 1. The first-order valence-corrected chi connectivity index (χ1v) is 10.6. The van der Waals surface area contributed by atoms with Gasteiger partial charge in [0.2, 0.25) is 5.82 Å². The summed E-state index contributed by atoms with van der Waals surface area (Å²) in [6.07, 6.45) is 3.64. The Morgan fingerprint density at radius 2 is 1.81 bits per heavy atom. The first-order valence-electron chi connectivity index (χ1n) is 10.6. The minimum atomic E-state index is -1.32. The van der Waals surface area contributed by atoms with Gasteiger partial charge in [-0.05, 0) is 35.0 Å². The van der Waals surface area contributed by atoms with Crippen LogP contribution in [0.3, 0.4) is 0 Å². The van der Waals surface area contributed by atoms with Crippen molar-refractivity contribution < 1.29 is 24.2 Å². The maximum absolute atomic E-state index is 12.7. The number of nitrogens with zero attached hydrogens (tertiary/aromatic N) is 6. The Bertz CT molecular complexity index is 1290. The van der Waals surface area contributed by atoms with E-state index in [9.17, 15) is 14.4 Å². The molecule has 2 aromatic heterocycles. The first-order chi connectivity index (χ1) is 17.0. The SMILES string of the molecule is Cl.O=C(O)CC(NC(=O)OCc1ccccc1)C(=O)Cn1nnc(-c2ccc(-n3ccnc3)cc2)n1. The number of aromatic nitrogens is 6. The molecular weight excluding hydrogens is 490 g/mol. The zero-order valence-corrected chi connectivity index (χ0v) is 19.6. The smallest absolute Gasteiger partial charge is 0.408 e. The second kappa shape index (κ2) is 12.2. The van der Waals surface area contributed by atoms with E-state index in [2.05, 4.69) is 25.7 Å². The summed E-state index contributed by atoms with van der Waals surface area (Å²) in [7, 11) is 0. The van der Waals surface area contributed by atoms with Gasteiger partial charge >= 0.3 is 12.1 Å². The van der Waals surface area contributed by atoms with Gasteiger partial charge < -0.3 is 19.7 Å². The van der Waals surface area contributed by atoms with Crippen LogP contribution in [0.25, 0.3) is 17.1 Å². The molecular formula is C23H22ClN7O5. The number of alkyl carbamates (subject to hydrolysis) is 1. The summed E-state index contributed by atoms with van der Waals surface area (Å²) < 4.78 is 6.93. The van der Waals surface area contributed by atoms with Crippen LogP contribution >= 0.6 is 12.4 Å². The Morgan fingerprint density at radius 3 is 2.47 bits per heavy atom. The number of rotatable bonds is 10. The standard InChI is InChI=1S/C23H21N7O5.ClH/c31-20(19(12-21(32)33)25-23(34)35-14-16-4-2-1-3-5-16)13-30-27-22(26-28-30)17-6-8-18(9-7-17)29-11-10-24-15-29;/h1-11,15,19H,12-14H2,(H,25,34)(H,32,33);1H. The summed E-state index contributed by atoms with van der Waals surface area (Å²) in [6, 6.07) is 14.9. The van der Waals surface area contributed by atoms with Crippen molar-refractivity contribution in [1.82, 2.24) is 35.1 Å². The van der Waals surface area contributed by atoms with E-state index in [4.69, 9.17) is 9.84 Å². The van der Waals surface area contributed by atoms with E-state index in [1.54, 1.807) is 48.9 Å². The number of carboxylic acid groups (broad SMARTS) is 1. The van der Waals surface area contributed by atoms with Crippen LogP contribution in [-0.4, -0.2) is 58.8 Å². The van der Waals surface area contributed by atoms with Crippen molar-refractivity contribution in [3.63, 3.8) is 0 Å². The molecule has 0 aliphatic rings. The van der Waals surface area contributed by atoms with Gasteiger partial charge in [-0.15, -0.1) is 22.6 Å². The highest BCUT2D eigenvalue weighted by Crippen LogP contribution is 2.16. The number of ketones is 1. The molecule has 12 nitrogen and oxygen atoms in total. The van der Waals surface area contributed by atoms with Gasteiger partial charge in [-0.2, -0.15) is 4.80 Å². The summed E-state index contributed by atoms with van der Waals surface area (Å²) >= 11 is 0. The van der Waals surface area contributed by atoms with E-state index < -0.39 is 30.3 Å². The maximum atomic E-state index is 12.7.